The minimum Gasteiger partial charge on any atom is -0.506 e. The number of phenols is 1. The average Bonchev–Trinajstić information content (AvgIpc) is 2.95. The summed E-state index contributed by atoms with van der Waals surface area (Å²) < 4.78 is 5.67. The Hall–Kier alpha value is -2.34. The molecule has 90 valence electrons. The van der Waals surface area contributed by atoms with E-state index in [1.807, 2.05) is 6.07 Å². The van der Waals surface area contributed by atoms with E-state index in [0.29, 0.717) is 9.58 Å². The Morgan fingerprint density at radius 3 is 2.94 bits per heavy atom. The van der Waals surface area contributed by atoms with Crippen molar-refractivity contribution < 1.29 is 19.5 Å². The number of thiophene rings is 1. The van der Waals surface area contributed by atoms with Gasteiger partial charge in [-0.15, -0.1) is 11.3 Å². The summed E-state index contributed by atoms with van der Waals surface area (Å²) in [6.07, 6.45) is 1.17. The fourth-order valence-electron chi connectivity index (χ4n) is 1.73. The molecule has 0 aliphatic heterocycles. The molecule has 0 fully saturated rings. The van der Waals surface area contributed by atoms with Crippen molar-refractivity contribution >= 4 is 27.4 Å². The van der Waals surface area contributed by atoms with Crippen LogP contribution in [0.5, 0.6) is 5.75 Å². The molecule has 2 N–H and O–H groups in total. The molecular weight excluding hydrogens is 254 g/mol. The SMILES string of the molecule is O=C(O)c1cnoc1-c1cc2cccc(O)c2s1. The predicted octanol–water partition coefficient (Wildman–Crippen LogP) is 2.96. The molecule has 0 aliphatic rings. The van der Waals surface area contributed by atoms with Gasteiger partial charge >= 0.3 is 5.97 Å². The fourth-order valence-corrected chi connectivity index (χ4v) is 2.79. The van der Waals surface area contributed by atoms with Crippen LogP contribution in [0.2, 0.25) is 0 Å². The van der Waals surface area contributed by atoms with Crippen LogP contribution in [0.15, 0.2) is 35.0 Å². The Morgan fingerprint density at radius 1 is 1.39 bits per heavy atom. The van der Waals surface area contributed by atoms with Gasteiger partial charge in [-0.25, -0.2) is 4.79 Å². The maximum Gasteiger partial charge on any atom is 0.341 e. The van der Waals surface area contributed by atoms with Crippen LogP contribution >= 0.6 is 11.3 Å². The van der Waals surface area contributed by atoms with Crippen LogP contribution in [-0.4, -0.2) is 21.3 Å². The number of hydrogen-bond donors (Lipinski definition) is 2. The first-order valence-electron chi connectivity index (χ1n) is 5.06. The first-order chi connectivity index (χ1) is 8.66. The zero-order valence-electron chi connectivity index (χ0n) is 8.95. The predicted molar refractivity (Wildman–Crippen MR) is 65.9 cm³/mol. The molecule has 0 saturated heterocycles. The van der Waals surface area contributed by atoms with Gasteiger partial charge in [0.15, 0.2) is 5.76 Å². The van der Waals surface area contributed by atoms with E-state index in [4.69, 9.17) is 9.63 Å². The van der Waals surface area contributed by atoms with Crippen molar-refractivity contribution in [2.45, 2.75) is 0 Å². The van der Waals surface area contributed by atoms with Crippen molar-refractivity contribution in [3.63, 3.8) is 0 Å². The number of aromatic carboxylic acids is 1. The van der Waals surface area contributed by atoms with Crippen LogP contribution in [0, 0.1) is 0 Å². The van der Waals surface area contributed by atoms with Gasteiger partial charge in [-0.2, -0.15) is 0 Å². The molecule has 0 unspecified atom stereocenters. The summed E-state index contributed by atoms with van der Waals surface area (Å²) in [4.78, 5) is 11.6. The van der Waals surface area contributed by atoms with E-state index in [2.05, 4.69) is 5.16 Å². The lowest BCUT2D eigenvalue weighted by molar-refractivity contribution is 0.0697. The van der Waals surface area contributed by atoms with Crippen molar-refractivity contribution in [3.8, 4) is 16.4 Å². The average molecular weight is 261 g/mol. The van der Waals surface area contributed by atoms with Crippen LogP contribution in [0.25, 0.3) is 20.7 Å². The van der Waals surface area contributed by atoms with E-state index in [-0.39, 0.29) is 17.1 Å². The number of phenolic OH excluding ortho intramolecular Hbond substituents is 1. The standard InChI is InChI=1S/C12H7NO4S/c14-8-3-1-2-6-4-9(18-11(6)8)10-7(12(15)16)5-13-17-10/h1-5,14H,(H,15,16). The quantitative estimate of drug-likeness (QED) is 0.741. The molecule has 3 aromatic rings. The molecule has 2 heterocycles. The molecule has 0 atom stereocenters. The molecule has 2 aromatic heterocycles. The monoisotopic (exact) mass is 261 g/mol. The number of aromatic hydroxyl groups is 1. The Morgan fingerprint density at radius 2 is 2.22 bits per heavy atom. The number of carboxylic acid groups (broad SMARTS) is 1. The molecule has 6 heteroatoms. The van der Waals surface area contributed by atoms with Gasteiger partial charge in [0.25, 0.3) is 0 Å². The van der Waals surface area contributed by atoms with E-state index in [0.717, 1.165) is 5.39 Å². The van der Waals surface area contributed by atoms with Crippen molar-refractivity contribution in [2.75, 3.05) is 0 Å². The molecular formula is C12H7NO4S. The lowest BCUT2D eigenvalue weighted by Crippen LogP contribution is -1.94. The minimum atomic E-state index is -1.09. The van der Waals surface area contributed by atoms with Crippen molar-refractivity contribution in [2.24, 2.45) is 0 Å². The molecule has 0 saturated carbocycles. The van der Waals surface area contributed by atoms with Gasteiger partial charge in [0.2, 0.25) is 0 Å². The van der Waals surface area contributed by atoms with E-state index in [1.54, 1.807) is 18.2 Å². The Kier molecular flexibility index (Phi) is 2.31. The highest BCUT2D eigenvalue weighted by atomic mass is 32.1. The summed E-state index contributed by atoms with van der Waals surface area (Å²) in [7, 11) is 0. The van der Waals surface area contributed by atoms with Crippen LogP contribution in [-0.2, 0) is 0 Å². The second kappa shape index (κ2) is 3.85. The van der Waals surface area contributed by atoms with Gasteiger partial charge in [-0.3, -0.25) is 0 Å². The minimum absolute atomic E-state index is 0.0149. The number of rotatable bonds is 2. The van der Waals surface area contributed by atoms with E-state index >= 15 is 0 Å². The third-order valence-electron chi connectivity index (χ3n) is 2.55. The number of carbonyl (C=O) groups is 1. The van der Waals surface area contributed by atoms with Crippen molar-refractivity contribution in [1.82, 2.24) is 5.16 Å². The lowest BCUT2D eigenvalue weighted by atomic mass is 10.2. The van der Waals surface area contributed by atoms with Gasteiger partial charge < -0.3 is 14.7 Å². The fraction of sp³-hybridized carbons (Fsp3) is 0. The van der Waals surface area contributed by atoms with Gasteiger partial charge in [0.1, 0.15) is 11.3 Å². The summed E-state index contributed by atoms with van der Waals surface area (Å²) in [6.45, 7) is 0. The van der Waals surface area contributed by atoms with Crippen molar-refractivity contribution in [3.05, 3.63) is 36.0 Å². The topological polar surface area (TPSA) is 83.6 Å². The summed E-state index contributed by atoms with van der Waals surface area (Å²) in [5, 5.41) is 23.0. The Labute approximate surface area is 105 Å². The first-order valence-corrected chi connectivity index (χ1v) is 5.88. The number of aromatic nitrogens is 1. The highest BCUT2D eigenvalue weighted by Gasteiger charge is 2.19. The number of fused-ring (bicyclic) bond motifs is 1. The largest absolute Gasteiger partial charge is 0.506 e. The Bertz CT molecular complexity index is 743. The number of hydrogen-bond acceptors (Lipinski definition) is 5. The van der Waals surface area contributed by atoms with Crippen LogP contribution in [0.1, 0.15) is 10.4 Å². The van der Waals surface area contributed by atoms with Crippen molar-refractivity contribution in [1.29, 1.82) is 0 Å². The smallest absolute Gasteiger partial charge is 0.341 e. The van der Waals surface area contributed by atoms with Crippen LogP contribution in [0.4, 0.5) is 0 Å². The number of nitrogens with zero attached hydrogens (tertiary/aromatic N) is 1. The summed E-state index contributed by atoms with van der Waals surface area (Å²) in [5.41, 5.74) is 0.0149. The maximum absolute atomic E-state index is 11.0. The molecule has 0 bridgehead atoms. The third-order valence-corrected chi connectivity index (χ3v) is 3.72. The normalized spacial score (nSPS) is 10.9. The zero-order chi connectivity index (χ0) is 12.7. The van der Waals surface area contributed by atoms with Gasteiger partial charge in [-0.05, 0) is 17.5 Å². The number of benzene rings is 1. The van der Waals surface area contributed by atoms with Gasteiger partial charge in [-0.1, -0.05) is 17.3 Å². The molecule has 5 nitrogen and oxygen atoms in total. The second-order valence-electron chi connectivity index (χ2n) is 3.68. The molecule has 0 aliphatic carbocycles. The summed E-state index contributed by atoms with van der Waals surface area (Å²) in [5.74, 6) is -0.712. The molecule has 0 amide bonds. The molecule has 0 radical (unpaired) electrons. The highest BCUT2D eigenvalue weighted by Crippen LogP contribution is 2.39. The molecule has 0 spiro atoms. The van der Waals surface area contributed by atoms with Gasteiger partial charge in [0.05, 0.1) is 15.8 Å². The van der Waals surface area contributed by atoms with E-state index in [9.17, 15) is 9.90 Å². The molecule has 3 rings (SSSR count). The van der Waals surface area contributed by atoms with Gasteiger partial charge in [0, 0.05) is 0 Å². The lowest BCUT2D eigenvalue weighted by Gasteiger charge is -1.91. The van der Waals surface area contributed by atoms with Crippen LogP contribution < -0.4 is 0 Å². The Balaban J connectivity index is 2.23. The van der Waals surface area contributed by atoms with E-state index < -0.39 is 5.97 Å². The summed E-state index contributed by atoms with van der Waals surface area (Å²) in [6, 6.07) is 6.92. The molecule has 1 aromatic carbocycles. The third kappa shape index (κ3) is 1.54. The zero-order valence-corrected chi connectivity index (χ0v) is 9.77. The van der Waals surface area contributed by atoms with Crippen LogP contribution in [0.3, 0.4) is 0 Å². The first kappa shape index (κ1) is 10.8. The maximum atomic E-state index is 11.0. The summed E-state index contributed by atoms with van der Waals surface area (Å²) >= 11 is 1.27. The second-order valence-corrected chi connectivity index (χ2v) is 4.73. The molecule has 18 heavy (non-hydrogen) atoms. The number of carboxylic acids is 1. The highest BCUT2D eigenvalue weighted by molar-refractivity contribution is 7.22. The van der Waals surface area contributed by atoms with E-state index in [1.165, 1.54) is 17.5 Å².